The zero-order valence-electron chi connectivity index (χ0n) is 11.7. The molecule has 2 rings (SSSR count). The van der Waals surface area contributed by atoms with Gasteiger partial charge >= 0.3 is 0 Å². The first-order valence-electron chi connectivity index (χ1n) is 6.28. The predicted octanol–water partition coefficient (Wildman–Crippen LogP) is 2.10. The Kier molecular flexibility index (Phi) is 3.94. The van der Waals surface area contributed by atoms with E-state index in [1.165, 1.54) is 16.9 Å². The Morgan fingerprint density at radius 3 is 2.45 bits per heavy atom. The molecule has 1 N–H and O–H groups in total. The highest BCUT2D eigenvalue weighted by atomic mass is 19.1. The van der Waals surface area contributed by atoms with Crippen molar-refractivity contribution in [3.63, 3.8) is 0 Å². The van der Waals surface area contributed by atoms with Crippen LogP contribution in [-0.4, -0.2) is 31.9 Å². The average Bonchev–Trinajstić information content (AvgIpc) is 2.87. The van der Waals surface area contributed by atoms with E-state index in [1.807, 2.05) is 20.8 Å². The Bertz CT molecular complexity index is 611. The highest BCUT2D eigenvalue weighted by molar-refractivity contribution is 5.78. The molecule has 1 aromatic heterocycles. The number of hydrogen-bond donors (Lipinski definition) is 1. The number of benzene rings is 1. The molecule has 0 saturated carbocycles. The topological polar surface area (TPSA) is 63.8 Å². The van der Waals surface area contributed by atoms with E-state index >= 15 is 0 Å². The van der Waals surface area contributed by atoms with Crippen LogP contribution < -0.4 is 0 Å². The van der Waals surface area contributed by atoms with Crippen LogP contribution in [0.3, 0.4) is 0 Å². The van der Waals surface area contributed by atoms with Gasteiger partial charge in [-0.1, -0.05) is 12.1 Å². The van der Waals surface area contributed by atoms with Crippen molar-refractivity contribution in [2.45, 2.75) is 26.3 Å². The molecule has 0 radical (unpaired) electrons. The van der Waals surface area contributed by atoms with Crippen LogP contribution in [-0.2, 0) is 5.54 Å². The van der Waals surface area contributed by atoms with E-state index in [2.05, 4.69) is 15.4 Å². The van der Waals surface area contributed by atoms with Gasteiger partial charge in [0.25, 0.3) is 0 Å². The fourth-order valence-corrected chi connectivity index (χ4v) is 1.57. The van der Waals surface area contributed by atoms with E-state index in [9.17, 15) is 9.50 Å². The van der Waals surface area contributed by atoms with Gasteiger partial charge < -0.3 is 5.11 Å². The number of hydrogen-bond acceptors (Lipinski definition) is 4. The van der Waals surface area contributed by atoms with Gasteiger partial charge in [0.2, 0.25) is 5.82 Å². The van der Waals surface area contributed by atoms with Crippen LogP contribution in [0.1, 0.15) is 32.2 Å². The van der Waals surface area contributed by atoms with Gasteiger partial charge in [-0.25, -0.2) is 4.39 Å². The third kappa shape index (κ3) is 3.27. The molecule has 0 fully saturated rings. The molecule has 0 atom stereocenters. The molecule has 6 heteroatoms. The molecule has 0 spiro atoms. The fourth-order valence-electron chi connectivity index (χ4n) is 1.57. The second kappa shape index (κ2) is 5.50. The molecule has 0 bridgehead atoms. The molecule has 0 saturated heterocycles. The molecule has 1 heterocycles. The first-order chi connectivity index (χ1) is 9.40. The van der Waals surface area contributed by atoms with Crippen LogP contribution in [0.4, 0.5) is 4.39 Å². The third-order valence-corrected chi connectivity index (χ3v) is 2.68. The molecule has 0 aliphatic rings. The standard InChI is InChI=1S/C14H17FN4O/c1-14(2,3)19-17-13(16-18-19)11(9-20)8-10-4-6-12(15)7-5-10/h4-8,20H,9H2,1-3H3. The highest BCUT2D eigenvalue weighted by Crippen LogP contribution is 2.16. The van der Waals surface area contributed by atoms with Gasteiger partial charge in [0.1, 0.15) is 5.82 Å². The van der Waals surface area contributed by atoms with Gasteiger partial charge in [0.15, 0.2) is 0 Å². The van der Waals surface area contributed by atoms with Crippen molar-refractivity contribution in [2.24, 2.45) is 0 Å². The number of halogens is 1. The van der Waals surface area contributed by atoms with Crippen LogP contribution >= 0.6 is 0 Å². The van der Waals surface area contributed by atoms with Crippen molar-refractivity contribution >= 4 is 11.6 Å². The Morgan fingerprint density at radius 1 is 1.30 bits per heavy atom. The molecular weight excluding hydrogens is 259 g/mol. The van der Waals surface area contributed by atoms with Gasteiger partial charge in [0, 0.05) is 5.57 Å². The number of rotatable bonds is 3. The molecule has 0 aliphatic carbocycles. The van der Waals surface area contributed by atoms with Crippen molar-refractivity contribution in [3.05, 3.63) is 41.5 Å². The first-order valence-corrected chi connectivity index (χ1v) is 6.28. The van der Waals surface area contributed by atoms with Gasteiger partial charge in [-0.3, -0.25) is 0 Å². The van der Waals surface area contributed by atoms with E-state index < -0.39 is 0 Å². The van der Waals surface area contributed by atoms with Crippen LogP contribution in [0.25, 0.3) is 11.6 Å². The molecule has 2 aromatic rings. The van der Waals surface area contributed by atoms with E-state index in [0.29, 0.717) is 11.4 Å². The molecule has 0 aliphatic heterocycles. The Morgan fingerprint density at radius 2 is 1.95 bits per heavy atom. The maximum Gasteiger partial charge on any atom is 0.203 e. The second-order valence-electron chi connectivity index (χ2n) is 5.45. The minimum absolute atomic E-state index is 0.215. The summed E-state index contributed by atoms with van der Waals surface area (Å²) in [6.45, 7) is 5.66. The third-order valence-electron chi connectivity index (χ3n) is 2.68. The number of aliphatic hydroxyl groups excluding tert-OH is 1. The number of aromatic nitrogens is 4. The maximum atomic E-state index is 12.9. The largest absolute Gasteiger partial charge is 0.392 e. The van der Waals surface area contributed by atoms with Crippen LogP contribution in [0.2, 0.25) is 0 Å². The predicted molar refractivity (Wildman–Crippen MR) is 74.2 cm³/mol. The summed E-state index contributed by atoms with van der Waals surface area (Å²) in [7, 11) is 0. The summed E-state index contributed by atoms with van der Waals surface area (Å²) in [4.78, 5) is 1.50. The lowest BCUT2D eigenvalue weighted by molar-refractivity contribution is 0.305. The van der Waals surface area contributed by atoms with Gasteiger partial charge in [-0.2, -0.15) is 4.80 Å². The molecule has 0 amide bonds. The monoisotopic (exact) mass is 276 g/mol. The fraction of sp³-hybridized carbons (Fsp3) is 0.357. The van der Waals surface area contributed by atoms with Crippen molar-refractivity contribution in [2.75, 3.05) is 6.61 Å². The normalized spacial score (nSPS) is 12.8. The van der Waals surface area contributed by atoms with Crippen LogP contribution in [0.15, 0.2) is 24.3 Å². The van der Waals surface area contributed by atoms with E-state index in [4.69, 9.17) is 0 Å². The maximum absolute atomic E-state index is 12.9. The van der Waals surface area contributed by atoms with Crippen molar-refractivity contribution < 1.29 is 9.50 Å². The second-order valence-corrected chi connectivity index (χ2v) is 5.45. The Balaban J connectivity index is 2.32. The zero-order chi connectivity index (χ0) is 14.8. The lowest BCUT2D eigenvalue weighted by atomic mass is 10.1. The highest BCUT2D eigenvalue weighted by Gasteiger charge is 2.18. The van der Waals surface area contributed by atoms with Gasteiger partial charge in [-0.05, 0) is 49.8 Å². The number of nitrogens with zero attached hydrogens (tertiary/aromatic N) is 4. The summed E-state index contributed by atoms with van der Waals surface area (Å²) in [5.41, 5.74) is 1.02. The van der Waals surface area contributed by atoms with Crippen LogP contribution in [0, 0.1) is 5.82 Å². The summed E-state index contributed by atoms with van der Waals surface area (Å²) in [5.74, 6) is 0.0660. The Hall–Kier alpha value is -2.08. The smallest absolute Gasteiger partial charge is 0.203 e. The summed E-state index contributed by atoms with van der Waals surface area (Å²) < 4.78 is 12.9. The molecule has 106 valence electrons. The number of tetrazole rings is 1. The molecule has 0 unspecified atom stereocenters. The Labute approximate surface area is 116 Å². The first kappa shape index (κ1) is 14.3. The molecule has 5 nitrogen and oxygen atoms in total. The quantitative estimate of drug-likeness (QED) is 0.932. The van der Waals surface area contributed by atoms with E-state index in [0.717, 1.165) is 5.56 Å². The molecule has 1 aromatic carbocycles. The molecular formula is C14H17FN4O. The summed E-state index contributed by atoms with van der Waals surface area (Å²) >= 11 is 0. The summed E-state index contributed by atoms with van der Waals surface area (Å²) in [6.07, 6.45) is 1.71. The SMILES string of the molecule is CC(C)(C)n1nnc(C(=Cc2ccc(F)cc2)CO)n1. The van der Waals surface area contributed by atoms with Crippen LogP contribution in [0.5, 0.6) is 0 Å². The van der Waals surface area contributed by atoms with Gasteiger partial charge in [0.05, 0.1) is 12.1 Å². The van der Waals surface area contributed by atoms with Crippen molar-refractivity contribution in [3.8, 4) is 0 Å². The lowest BCUT2D eigenvalue weighted by Gasteiger charge is -2.15. The summed E-state index contributed by atoms with van der Waals surface area (Å²) in [6, 6.07) is 5.97. The number of aliphatic hydroxyl groups is 1. The van der Waals surface area contributed by atoms with Crippen molar-refractivity contribution in [1.82, 2.24) is 20.2 Å². The lowest BCUT2D eigenvalue weighted by Crippen LogP contribution is -2.24. The van der Waals surface area contributed by atoms with Gasteiger partial charge in [-0.15, -0.1) is 10.2 Å². The van der Waals surface area contributed by atoms with E-state index in [-0.39, 0.29) is 18.0 Å². The minimum atomic E-state index is -0.301. The summed E-state index contributed by atoms with van der Waals surface area (Å²) in [5, 5.41) is 21.6. The zero-order valence-corrected chi connectivity index (χ0v) is 11.7. The average molecular weight is 276 g/mol. The minimum Gasteiger partial charge on any atom is -0.392 e. The van der Waals surface area contributed by atoms with E-state index in [1.54, 1.807) is 18.2 Å². The molecule has 20 heavy (non-hydrogen) atoms. The van der Waals surface area contributed by atoms with Crippen molar-refractivity contribution in [1.29, 1.82) is 0 Å².